The summed E-state index contributed by atoms with van der Waals surface area (Å²) in [7, 11) is 0. The van der Waals surface area contributed by atoms with Crippen molar-refractivity contribution in [1.82, 2.24) is 20.4 Å². The highest BCUT2D eigenvalue weighted by Crippen LogP contribution is 2.31. The quantitative estimate of drug-likeness (QED) is 0.165. The second-order valence-corrected chi connectivity index (χ2v) is 11.2. The van der Waals surface area contributed by atoms with Crippen molar-refractivity contribution in [3.05, 3.63) is 46.4 Å². The van der Waals surface area contributed by atoms with E-state index in [0.29, 0.717) is 0 Å². The molecule has 0 saturated carbocycles. The van der Waals surface area contributed by atoms with E-state index in [9.17, 15) is 0 Å². The molecule has 0 radical (unpaired) electrons. The van der Waals surface area contributed by atoms with Gasteiger partial charge in [-0.3, -0.25) is 0 Å². The smallest absolute Gasteiger partial charge is 0.143 e. The van der Waals surface area contributed by atoms with Crippen LogP contribution in [0.3, 0.4) is 0 Å². The normalized spacial score (nSPS) is 11.5. The zero-order chi connectivity index (χ0) is 23.6. The van der Waals surface area contributed by atoms with Crippen molar-refractivity contribution in [2.75, 3.05) is 0 Å². The predicted molar refractivity (Wildman–Crippen MR) is 147 cm³/mol. The van der Waals surface area contributed by atoms with Crippen LogP contribution in [-0.2, 0) is 12.8 Å². The van der Waals surface area contributed by atoms with E-state index in [-0.39, 0.29) is 0 Å². The number of nitrogens with zero attached hydrogens (tertiary/aromatic N) is 4. The Hall–Kier alpha value is -2.18. The number of benzene rings is 2. The van der Waals surface area contributed by atoms with Crippen LogP contribution in [0.4, 0.5) is 0 Å². The number of fused-ring (bicyclic) bond motifs is 1. The lowest BCUT2D eigenvalue weighted by Crippen LogP contribution is -1.85. The van der Waals surface area contributed by atoms with Gasteiger partial charge in [-0.15, -0.1) is 20.4 Å². The third-order valence-corrected chi connectivity index (χ3v) is 8.32. The van der Waals surface area contributed by atoms with Crippen molar-refractivity contribution in [2.45, 2.75) is 90.9 Å². The van der Waals surface area contributed by atoms with Gasteiger partial charge >= 0.3 is 0 Å². The summed E-state index contributed by atoms with van der Waals surface area (Å²) in [4.78, 5) is 0. The minimum Gasteiger partial charge on any atom is -0.143 e. The zero-order valence-corrected chi connectivity index (χ0v) is 22.2. The van der Waals surface area contributed by atoms with E-state index in [1.54, 1.807) is 22.7 Å². The van der Waals surface area contributed by atoms with Gasteiger partial charge in [0, 0.05) is 24.0 Å². The first-order valence-electron chi connectivity index (χ1n) is 13.0. The van der Waals surface area contributed by atoms with Gasteiger partial charge in [-0.1, -0.05) is 112 Å². The predicted octanol–water partition coefficient (Wildman–Crippen LogP) is 8.90. The summed E-state index contributed by atoms with van der Waals surface area (Å²) in [5.74, 6) is 0. The molecular formula is C28H36N4S2. The first-order valence-corrected chi connectivity index (χ1v) is 14.6. The fraction of sp³-hybridized carbons (Fsp3) is 0.500. The fourth-order valence-corrected chi connectivity index (χ4v) is 5.97. The van der Waals surface area contributed by atoms with Crippen LogP contribution < -0.4 is 0 Å². The standard InChI is InChI=1S/C28H36N4S2/c1-3-5-7-8-9-10-12-14-26-30-32-28(34-26)23-18-16-21-15-17-22(19-24(21)20-23)27-31-29-25(33-27)13-11-6-4-2/h15-20H,3-14H2,1-2H3. The van der Waals surface area contributed by atoms with E-state index in [0.717, 1.165) is 44.0 Å². The Balaban J connectivity index is 1.39. The van der Waals surface area contributed by atoms with Crippen molar-refractivity contribution < 1.29 is 0 Å². The molecule has 0 atom stereocenters. The van der Waals surface area contributed by atoms with Crippen LogP contribution in [0.2, 0.25) is 0 Å². The molecule has 0 aliphatic carbocycles. The highest BCUT2D eigenvalue weighted by atomic mass is 32.1. The molecule has 0 spiro atoms. The van der Waals surface area contributed by atoms with Crippen LogP contribution in [0.25, 0.3) is 31.9 Å². The Morgan fingerprint density at radius 1 is 0.529 bits per heavy atom. The van der Waals surface area contributed by atoms with Gasteiger partial charge in [0.1, 0.15) is 20.0 Å². The third-order valence-electron chi connectivity index (χ3n) is 6.26. The van der Waals surface area contributed by atoms with Crippen LogP contribution in [-0.4, -0.2) is 20.4 Å². The van der Waals surface area contributed by atoms with Gasteiger partial charge < -0.3 is 0 Å². The lowest BCUT2D eigenvalue weighted by atomic mass is 10.0. The van der Waals surface area contributed by atoms with E-state index in [4.69, 9.17) is 0 Å². The van der Waals surface area contributed by atoms with Crippen molar-refractivity contribution in [2.24, 2.45) is 0 Å². The van der Waals surface area contributed by atoms with E-state index in [1.807, 2.05) is 0 Å². The number of unbranched alkanes of at least 4 members (excludes halogenated alkanes) is 8. The lowest BCUT2D eigenvalue weighted by molar-refractivity contribution is 0.588. The highest BCUT2D eigenvalue weighted by Gasteiger charge is 2.10. The molecule has 4 nitrogen and oxygen atoms in total. The van der Waals surface area contributed by atoms with Crippen LogP contribution in [0, 0.1) is 0 Å². The third kappa shape index (κ3) is 6.92. The monoisotopic (exact) mass is 492 g/mol. The topological polar surface area (TPSA) is 51.6 Å². The second-order valence-electron chi connectivity index (χ2n) is 9.11. The van der Waals surface area contributed by atoms with Gasteiger partial charge in [0.05, 0.1) is 0 Å². The van der Waals surface area contributed by atoms with Gasteiger partial charge in [0.2, 0.25) is 0 Å². The molecule has 0 fully saturated rings. The molecule has 4 aromatic rings. The maximum Gasteiger partial charge on any atom is 0.147 e. The van der Waals surface area contributed by atoms with E-state index in [1.165, 1.54) is 75.0 Å². The maximum absolute atomic E-state index is 4.50. The van der Waals surface area contributed by atoms with Crippen molar-refractivity contribution in [3.8, 4) is 21.1 Å². The Bertz CT molecular complexity index is 1160. The van der Waals surface area contributed by atoms with Crippen LogP contribution >= 0.6 is 22.7 Å². The number of aromatic nitrogens is 4. The number of hydrogen-bond acceptors (Lipinski definition) is 6. The summed E-state index contributed by atoms with van der Waals surface area (Å²) >= 11 is 3.46. The number of hydrogen-bond donors (Lipinski definition) is 0. The van der Waals surface area contributed by atoms with Gasteiger partial charge in [-0.05, 0) is 35.7 Å². The molecule has 0 amide bonds. The van der Waals surface area contributed by atoms with Crippen LogP contribution in [0.5, 0.6) is 0 Å². The van der Waals surface area contributed by atoms with Gasteiger partial charge in [0.25, 0.3) is 0 Å². The summed E-state index contributed by atoms with van der Waals surface area (Å²) in [6.45, 7) is 4.50. The van der Waals surface area contributed by atoms with Gasteiger partial charge in [-0.25, -0.2) is 0 Å². The molecule has 0 unspecified atom stereocenters. The molecule has 2 aromatic carbocycles. The molecular weight excluding hydrogens is 456 g/mol. The minimum atomic E-state index is 1.01. The van der Waals surface area contributed by atoms with Crippen molar-refractivity contribution in [1.29, 1.82) is 0 Å². The molecule has 34 heavy (non-hydrogen) atoms. The molecule has 0 N–H and O–H groups in total. The van der Waals surface area contributed by atoms with Gasteiger partial charge in [-0.2, -0.15) is 0 Å². The Morgan fingerprint density at radius 3 is 1.56 bits per heavy atom. The highest BCUT2D eigenvalue weighted by molar-refractivity contribution is 7.15. The molecule has 180 valence electrons. The number of aryl methyl sites for hydroxylation is 2. The van der Waals surface area contributed by atoms with Crippen LogP contribution in [0.15, 0.2) is 36.4 Å². The summed E-state index contributed by atoms with van der Waals surface area (Å²) in [5.41, 5.74) is 2.28. The molecule has 0 saturated heterocycles. The lowest BCUT2D eigenvalue weighted by Gasteiger charge is -2.03. The van der Waals surface area contributed by atoms with E-state index >= 15 is 0 Å². The molecule has 2 heterocycles. The van der Waals surface area contributed by atoms with Crippen LogP contribution in [0.1, 0.15) is 88.1 Å². The average Bonchev–Trinajstić information content (AvgIpc) is 3.53. The molecule has 6 heteroatoms. The molecule has 4 rings (SSSR count). The van der Waals surface area contributed by atoms with E-state index in [2.05, 4.69) is 70.6 Å². The molecule has 0 aliphatic rings. The first-order chi connectivity index (χ1) is 16.8. The fourth-order valence-electron chi connectivity index (χ4n) is 4.21. The zero-order valence-electron chi connectivity index (χ0n) is 20.6. The molecule has 0 bridgehead atoms. The average molecular weight is 493 g/mol. The van der Waals surface area contributed by atoms with Crippen molar-refractivity contribution in [3.63, 3.8) is 0 Å². The summed E-state index contributed by atoms with van der Waals surface area (Å²) in [6.07, 6.45) is 15.0. The second kappa shape index (κ2) is 13.1. The summed E-state index contributed by atoms with van der Waals surface area (Å²) in [6, 6.07) is 13.1. The first kappa shape index (κ1) is 24.9. The Kier molecular flexibility index (Phi) is 9.57. The summed E-state index contributed by atoms with van der Waals surface area (Å²) in [5, 5.41) is 24.6. The van der Waals surface area contributed by atoms with Crippen molar-refractivity contribution >= 4 is 33.4 Å². The maximum atomic E-state index is 4.50. The SMILES string of the molecule is CCCCCCCCCc1nnc(-c2ccc3ccc(-c4nnc(CCCCC)s4)cc3c2)s1. The molecule has 2 aromatic heterocycles. The Labute approximate surface area is 211 Å². The van der Waals surface area contributed by atoms with E-state index < -0.39 is 0 Å². The largest absolute Gasteiger partial charge is 0.147 e. The van der Waals surface area contributed by atoms with Gasteiger partial charge in [0.15, 0.2) is 0 Å². The number of rotatable bonds is 14. The minimum absolute atomic E-state index is 1.01. The Morgan fingerprint density at radius 2 is 1.00 bits per heavy atom. The summed E-state index contributed by atoms with van der Waals surface area (Å²) < 4.78 is 0. The molecule has 0 aliphatic heterocycles.